The van der Waals surface area contributed by atoms with Crippen molar-refractivity contribution in [1.29, 1.82) is 0 Å². The van der Waals surface area contributed by atoms with Crippen molar-refractivity contribution >= 4 is 37.8 Å². The van der Waals surface area contributed by atoms with Crippen molar-refractivity contribution in [2.45, 2.75) is 29.6 Å². The summed E-state index contributed by atoms with van der Waals surface area (Å²) in [4.78, 5) is 11.6. The largest absolute Gasteiger partial charge is 0.460 e. The van der Waals surface area contributed by atoms with Crippen molar-refractivity contribution in [2.75, 3.05) is 0 Å². The number of esters is 1. The van der Waals surface area contributed by atoms with E-state index in [9.17, 15) is 4.79 Å². The van der Waals surface area contributed by atoms with Crippen LogP contribution < -0.4 is 0 Å². The summed E-state index contributed by atoms with van der Waals surface area (Å²) >= 11 is 6.71. The van der Waals surface area contributed by atoms with Gasteiger partial charge in [0.2, 0.25) is 0 Å². The molecule has 0 radical (unpaired) electrons. The van der Waals surface area contributed by atoms with Gasteiger partial charge in [-0.05, 0) is 12.0 Å². The Hall–Kier alpha value is -0.350. The first kappa shape index (κ1) is 13.7. The van der Waals surface area contributed by atoms with Crippen molar-refractivity contribution < 1.29 is 9.53 Å². The quantitative estimate of drug-likeness (QED) is 0.599. The minimum Gasteiger partial charge on any atom is -0.460 e. The molecule has 0 aliphatic rings. The van der Waals surface area contributed by atoms with Crippen LogP contribution in [0.15, 0.2) is 30.3 Å². The van der Waals surface area contributed by atoms with Crippen LogP contribution in [0.3, 0.4) is 0 Å². The lowest BCUT2D eigenvalue weighted by Gasteiger charge is -2.11. The van der Waals surface area contributed by atoms with Gasteiger partial charge in [0.25, 0.3) is 0 Å². The molecule has 0 aliphatic heterocycles. The van der Waals surface area contributed by atoms with E-state index >= 15 is 0 Å². The number of alkyl halides is 2. The number of hydrogen-bond donors (Lipinski definition) is 0. The predicted octanol–water partition coefficient (Wildman–Crippen LogP) is 3.67. The van der Waals surface area contributed by atoms with Gasteiger partial charge in [-0.1, -0.05) is 69.1 Å². The van der Waals surface area contributed by atoms with E-state index in [-0.39, 0.29) is 10.8 Å². The standard InChI is InChI=1S/C12H14Br2O2/c1-9(13)7-11(14)12(15)16-8-10-5-3-2-4-6-10/h2-6,9,11H,7-8H2,1H3. The number of ether oxygens (including phenoxy) is 1. The van der Waals surface area contributed by atoms with Crippen LogP contribution in [-0.4, -0.2) is 15.6 Å². The lowest BCUT2D eigenvalue weighted by Crippen LogP contribution is -2.19. The molecule has 2 unspecified atom stereocenters. The van der Waals surface area contributed by atoms with E-state index in [0.29, 0.717) is 17.9 Å². The third-order valence-corrected chi connectivity index (χ3v) is 3.13. The van der Waals surface area contributed by atoms with E-state index in [2.05, 4.69) is 31.9 Å². The molecule has 0 aromatic heterocycles. The van der Waals surface area contributed by atoms with Gasteiger partial charge in [0.1, 0.15) is 11.4 Å². The fraction of sp³-hybridized carbons (Fsp3) is 0.417. The van der Waals surface area contributed by atoms with Crippen LogP contribution in [0.4, 0.5) is 0 Å². The minimum atomic E-state index is -0.245. The van der Waals surface area contributed by atoms with Gasteiger partial charge in [-0.2, -0.15) is 0 Å². The van der Waals surface area contributed by atoms with E-state index in [1.54, 1.807) is 0 Å². The van der Waals surface area contributed by atoms with Crippen LogP contribution in [0.25, 0.3) is 0 Å². The average molecular weight is 350 g/mol. The van der Waals surface area contributed by atoms with Gasteiger partial charge in [0.15, 0.2) is 0 Å². The molecular formula is C12H14Br2O2. The van der Waals surface area contributed by atoms with E-state index in [1.807, 2.05) is 37.3 Å². The molecule has 0 aliphatic carbocycles. The lowest BCUT2D eigenvalue weighted by atomic mass is 10.2. The Balaban J connectivity index is 2.35. The zero-order valence-corrected chi connectivity index (χ0v) is 12.2. The first-order valence-corrected chi connectivity index (χ1v) is 6.91. The molecule has 0 saturated carbocycles. The maximum atomic E-state index is 11.6. The van der Waals surface area contributed by atoms with Crippen molar-refractivity contribution in [2.24, 2.45) is 0 Å². The highest BCUT2D eigenvalue weighted by molar-refractivity contribution is 9.10. The number of carbonyl (C=O) groups excluding carboxylic acids is 1. The second-order valence-corrected chi connectivity index (χ2v) is 6.25. The average Bonchev–Trinajstić information content (AvgIpc) is 2.26. The molecule has 0 N–H and O–H groups in total. The SMILES string of the molecule is CC(Br)CC(Br)C(=O)OCc1ccccc1. The summed E-state index contributed by atoms with van der Waals surface area (Å²) in [5.41, 5.74) is 1.00. The summed E-state index contributed by atoms with van der Waals surface area (Å²) in [7, 11) is 0. The summed E-state index contributed by atoms with van der Waals surface area (Å²) in [6.07, 6.45) is 0.716. The zero-order valence-electron chi connectivity index (χ0n) is 9.03. The van der Waals surface area contributed by atoms with Crippen LogP contribution in [-0.2, 0) is 16.1 Å². The van der Waals surface area contributed by atoms with Crippen LogP contribution in [0, 0.1) is 0 Å². The van der Waals surface area contributed by atoms with Crippen LogP contribution >= 0.6 is 31.9 Å². The Labute approximate surface area is 113 Å². The molecule has 4 heteroatoms. The molecule has 1 aromatic rings. The minimum absolute atomic E-state index is 0.213. The third-order valence-electron chi connectivity index (χ3n) is 2.01. The van der Waals surface area contributed by atoms with E-state index in [1.165, 1.54) is 0 Å². The molecule has 2 nitrogen and oxygen atoms in total. The van der Waals surface area contributed by atoms with Crippen molar-refractivity contribution in [3.05, 3.63) is 35.9 Å². The monoisotopic (exact) mass is 348 g/mol. The Morgan fingerprint density at radius 2 is 1.94 bits per heavy atom. The van der Waals surface area contributed by atoms with Crippen LogP contribution in [0.2, 0.25) is 0 Å². The molecule has 1 rings (SSSR count). The van der Waals surface area contributed by atoms with Gasteiger partial charge in [-0.3, -0.25) is 4.79 Å². The third kappa shape index (κ3) is 5.12. The summed E-state index contributed by atoms with van der Waals surface area (Å²) in [6.45, 7) is 2.33. The zero-order chi connectivity index (χ0) is 12.0. The highest BCUT2D eigenvalue weighted by Crippen LogP contribution is 2.16. The lowest BCUT2D eigenvalue weighted by molar-refractivity contribution is -0.144. The second kappa shape index (κ2) is 7.07. The topological polar surface area (TPSA) is 26.3 Å². The first-order valence-electron chi connectivity index (χ1n) is 5.08. The molecule has 0 heterocycles. The molecule has 16 heavy (non-hydrogen) atoms. The van der Waals surface area contributed by atoms with Gasteiger partial charge in [0.05, 0.1) is 0 Å². The molecule has 88 valence electrons. The fourth-order valence-electron chi connectivity index (χ4n) is 1.20. The normalized spacial score (nSPS) is 14.2. The number of rotatable bonds is 5. The second-order valence-electron chi connectivity index (χ2n) is 3.58. The number of hydrogen-bond acceptors (Lipinski definition) is 2. The Kier molecular flexibility index (Phi) is 6.06. The number of halogens is 2. The van der Waals surface area contributed by atoms with Gasteiger partial charge < -0.3 is 4.74 Å². The van der Waals surface area contributed by atoms with Gasteiger partial charge in [0, 0.05) is 4.83 Å². The van der Waals surface area contributed by atoms with E-state index in [4.69, 9.17) is 4.74 Å². The first-order chi connectivity index (χ1) is 7.59. The molecule has 0 amide bonds. The Morgan fingerprint density at radius 3 is 2.50 bits per heavy atom. The van der Waals surface area contributed by atoms with Crippen LogP contribution in [0.5, 0.6) is 0 Å². The molecule has 2 atom stereocenters. The number of benzene rings is 1. The highest BCUT2D eigenvalue weighted by Gasteiger charge is 2.18. The molecule has 0 saturated heterocycles. The number of carbonyl (C=O) groups is 1. The summed E-state index contributed by atoms with van der Waals surface area (Å²) in [5.74, 6) is -0.213. The summed E-state index contributed by atoms with van der Waals surface area (Å²) in [6, 6.07) is 9.66. The van der Waals surface area contributed by atoms with Gasteiger partial charge in [-0.25, -0.2) is 0 Å². The molecule has 1 aromatic carbocycles. The smallest absolute Gasteiger partial charge is 0.320 e. The van der Waals surface area contributed by atoms with Crippen molar-refractivity contribution in [1.82, 2.24) is 0 Å². The molecular weight excluding hydrogens is 336 g/mol. The molecule has 0 bridgehead atoms. The summed E-state index contributed by atoms with van der Waals surface area (Å²) in [5, 5.41) is 0. The maximum absolute atomic E-state index is 11.6. The van der Waals surface area contributed by atoms with E-state index in [0.717, 1.165) is 5.56 Å². The van der Waals surface area contributed by atoms with E-state index < -0.39 is 0 Å². The molecule has 0 spiro atoms. The molecule has 0 fully saturated rings. The van der Waals surface area contributed by atoms with Crippen LogP contribution in [0.1, 0.15) is 18.9 Å². The van der Waals surface area contributed by atoms with Crippen molar-refractivity contribution in [3.8, 4) is 0 Å². The predicted molar refractivity (Wildman–Crippen MR) is 72.0 cm³/mol. The Bertz CT molecular complexity index is 325. The maximum Gasteiger partial charge on any atom is 0.320 e. The van der Waals surface area contributed by atoms with Gasteiger partial charge in [-0.15, -0.1) is 0 Å². The Morgan fingerprint density at radius 1 is 1.31 bits per heavy atom. The van der Waals surface area contributed by atoms with Crippen molar-refractivity contribution in [3.63, 3.8) is 0 Å². The van der Waals surface area contributed by atoms with Gasteiger partial charge >= 0.3 is 5.97 Å². The highest BCUT2D eigenvalue weighted by atomic mass is 79.9. The summed E-state index contributed by atoms with van der Waals surface area (Å²) < 4.78 is 5.18. The fourth-order valence-corrected chi connectivity index (χ4v) is 2.77.